The zero-order valence-corrected chi connectivity index (χ0v) is 15.8. The van der Waals surface area contributed by atoms with Gasteiger partial charge in [0.25, 0.3) is 5.91 Å². The Bertz CT molecular complexity index is 780. The van der Waals surface area contributed by atoms with Crippen molar-refractivity contribution in [3.8, 4) is 5.75 Å². The Morgan fingerprint density at radius 1 is 1.19 bits per heavy atom. The van der Waals surface area contributed by atoms with Crippen molar-refractivity contribution in [3.05, 3.63) is 54.1 Å². The molecule has 3 N–H and O–H groups in total. The third-order valence-electron chi connectivity index (χ3n) is 4.29. The van der Waals surface area contributed by atoms with E-state index in [1.165, 1.54) is 0 Å². The van der Waals surface area contributed by atoms with Crippen LogP contribution in [0, 0.1) is 0 Å². The number of hydrogen-bond acceptors (Lipinski definition) is 4. The van der Waals surface area contributed by atoms with Gasteiger partial charge >= 0.3 is 0 Å². The average molecular weight is 390 g/mol. The number of carbonyl (C=O) groups is 2. The van der Waals surface area contributed by atoms with Gasteiger partial charge in [-0.1, -0.05) is 18.2 Å². The summed E-state index contributed by atoms with van der Waals surface area (Å²) in [7, 11) is 0. The van der Waals surface area contributed by atoms with Gasteiger partial charge in [-0.3, -0.25) is 9.59 Å². The predicted octanol–water partition coefficient (Wildman–Crippen LogP) is 2.56. The molecule has 27 heavy (non-hydrogen) atoms. The number of nitrogens with one attached hydrogen (secondary N) is 1. The van der Waals surface area contributed by atoms with E-state index in [0.717, 1.165) is 36.3 Å². The molecule has 0 spiro atoms. The highest BCUT2D eigenvalue weighted by atomic mass is 35.5. The summed E-state index contributed by atoms with van der Waals surface area (Å²) in [5.41, 5.74) is 8.30. The number of nitrogens with two attached hydrogens (primary N) is 1. The fourth-order valence-electron chi connectivity index (χ4n) is 2.89. The van der Waals surface area contributed by atoms with Crippen LogP contribution >= 0.6 is 12.4 Å². The fourth-order valence-corrected chi connectivity index (χ4v) is 2.89. The number of nitrogen functional groups attached to an aromatic ring is 1. The monoisotopic (exact) mass is 389 g/mol. The van der Waals surface area contributed by atoms with E-state index in [1.807, 2.05) is 36.4 Å². The van der Waals surface area contributed by atoms with Gasteiger partial charge in [-0.2, -0.15) is 0 Å². The summed E-state index contributed by atoms with van der Waals surface area (Å²) in [6.45, 7) is 1.21. The van der Waals surface area contributed by atoms with Gasteiger partial charge in [0.1, 0.15) is 5.75 Å². The van der Waals surface area contributed by atoms with Crippen molar-refractivity contribution in [1.29, 1.82) is 0 Å². The van der Waals surface area contributed by atoms with E-state index in [-0.39, 0.29) is 30.8 Å². The van der Waals surface area contributed by atoms with Crippen LogP contribution in [0.5, 0.6) is 5.75 Å². The minimum absolute atomic E-state index is 0. The maximum Gasteiger partial charge on any atom is 0.257 e. The van der Waals surface area contributed by atoms with E-state index in [9.17, 15) is 9.59 Å². The summed E-state index contributed by atoms with van der Waals surface area (Å²) >= 11 is 0. The molecule has 2 aromatic carbocycles. The number of ether oxygens (including phenoxy) is 1. The van der Waals surface area contributed by atoms with Crippen molar-refractivity contribution >= 4 is 35.6 Å². The topological polar surface area (TPSA) is 84.7 Å². The van der Waals surface area contributed by atoms with Crippen LogP contribution in [0.1, 0.15) is 18.4 Å². The molecule has 1 heterocycles. The zero-order chi connectivity index (χ0) is 18.4. The van der Waals surface area contributed by atoms with Crippen molar-refractivity contribution < 1.29 is 14.3 Å². The summed E-state index contributed by atoms with van der Waals surface area (Å²) in [5, 5.41) is 2.83. The van der Waals surface area contributed by atoms with Crippen LogP contribution in [0.25, 0.3) is 0 Å². The molecule has 0 aliphatic carbocycles. The van der Waals surface area contributed by atoms with E-state index in [4.69, 9.17) is 10.5 Å². The Hall–Kier alpha value is -2.73. The first-order chi connectivity index (χ1) is 12.6. The minimum Gasteiger partial charge on any atom is -0.484 e. The van der Waals surface area contributed by atoms with E-state index in [1.54, 1.807) is 17.0 Å². The van der Waals surface area contributed by atoms with Gasteiger partial charge in [-0.05, 0) is 42.7 Å². The average Bonchev–Trinajstić information content (AvgIpc) is 3.08. The molecule has 2 aromatic rings. The van der Waals surface area contributed by atoms with E-state index >= 15 is 0 Å². The number of amides is 2. The maximum atomic E-state index is 11.9. The van der Waals surface area contributed by atoms with Crippen LogP contribution in [0.2, 0.25) is 0 Å². The SMILES string of the molecule is Cl.Nc1ccc(CCNC(=O)COc2cccc(N3CCCC3=O)c2)cc1. The molecule has 0 bridgehead atoms. The standard InChI is InChI=1S/C20H23N3O3.ClH/c21-16-8-6-15(7-9-16)10-11-22-19(24)14-26-18-4-1-3-17(13-18)23-12-2-5-20(23)25;/h1,3-4,6-9,13H,2,5,10-12,14,21H2,(H,22,24);1H. The van der Waals surface area contributed by atoms with Crippen molar-refractivity contribution in [1.82, 2.24) is 5.32 Å². The highest BCUT2D eigenvalue weighted by molar-refractivity contribution is 5.95. The lowest BCUT2D eigenvalue weighted by molar-refractivity contribution is -0.123. The van der Waals surface area contributed by atoms with Gasteiger partial charge in [0.05, 0.1) is 0 Å². The number of rotatable bonds is 7. The Balaban J connectivity index is 0.00000261. The molecule has 1 aliphatic rings. The smallest absolute Gasteiger partial charge is 0.257 e. The second kappa shape index (κ2) is 9.83. The molecule has 3 rings (SSSR count). The highest BCUT2D eigenvalue weighted by Gasteiger charge is 2.21. The van der Waals surface area contributed by atoms with Gasteiger partial charge in [-0.15, -0.1) is 12.4 Å². The largest absolute Gasteiger partial charge is 0.484 e. The van der Waals surface area contributed by atoms with Crippen molar-refractivity contribution in [3.63, 3.8) is 0 Å². The van der Waals surface area contributed by atoms with E-state index < -0.39 is 0 Å². The molecular weight excluding hydrogens is 366 g/mol. The van der Waals surface area contributed by atoms with Crippen LogP contribution in [-0.2, 0) is 16.0 Å². The van der Waals surface area contributed by atoms with Crippen molar-refractivity contribution in [2.24, 2.45) is 0 Å². The first kappa shape index (κ1) is 20.6. The van der Waals surface area contributed by atoms with Crippen LogP contribution in [0.3, 0.4) is 0 Å². The third-order valence-corrected chi connectivity index (χ3v) is 4.29. The maximum absolute atomic E-state index is 11.9. The van der Waals surface area contributed by atoms with E-state index in [0.29, 0.717) is 18.7 Å². The lowest BCUT2D eigenvalue weighted by Gasteiger charge is -2.16. The van der Waals surface area contributed by atoms with Crippen LogP contribution in [0.4, 0.5) is 11.4 Å². The molecule has 0 radical (unpaired) electrons. The molecule has 7 heteroatoms. The Morgan fingerprint density at radius 2 is 1.96 bits per heavy atom. The molecule has 0 saturated carbocycles. The van der Waals surface area contributed by atoms with Crippen LogP contribution < -0.4 is 20.7 Å². The molecule has 1 saturated heterocycles. The molecule has 1 fully saturated rings. The van der Waals surface area contributed by atoms with Crippen LogP contribution in [0.15, 0.2) is 48.5 Å². The fraction of sp³-hybridized carbons (Fsp3) is 0.300. The molecular formula is C20H24ClN3O3. The second-order valence-electron chi connectivity index (χ2n) is 6.28. The lowest BCUT2D eigenvalue weighted by atomic mass is 10.1. The molecule has 6 nitrogen and oxygen atoms in total. The lowest BCUT2D eigenvalue weighted by Crippen LogP contribution is -2.30. The van der Waals surface area contributed by atoms with Gasteiger partial charge < -0.3 is 20.7 Å². The minimum atomic E-state index is -0.178. The Labute approximate surface area is 165 Å². The first-order valence-electron chi connectivity index (χ1n) is 8.76. The van der Waals surface area contributed by atoms with Crippen molar-refractivity contribution in [2.45, 2.75) is 19.3 Å². The second-order valence-corrected chi connectivity index (χ2v) is 6.28. The number of anilines is 2. The summed E-state index contributed by atoms with van der Waals surface area (Å²) in [6.07, 6.45) is 2.19. The number of halogens is 1. The Morgan fingerprint density at radius 3 is 2.67 bits per heavy atom. The van der Waals surface area contributed by atoms with Gasteiger partial charge in [0.2, 0.25) is 5.91 Å². The number of carbonyl (C=O) groups excluding carboxylic acids is 2. The quantitative estimate of drug-likeness (QED) is 0.713. The predicted molar refractivity (Wildman–Crippen MR) is 108 cm³/mol. The summed E-state index contributed by atoms with van der Waals surface area (Å²) in [4.78, 5) is 25.5. The van der Waals surface area contributed by atoms with Gasteiger partial charge in [-0.25, -0.2) is 0 Å². The summed E-state index contributed by atoms with van der Waals surface area (Å²) < 4.78 is 5.56. The number of hydrogen-bond donors (Lipinski definition) is 2. The summed E-state index contributed by atoms with van der Waals surface area (Å²) in [6, 6.07) is 14.9. The first-order valence-corrected chi connectivity index (χ1v) is 8.76. The van der Waals surface area contributed by atoms with Crippen molar-refractivity contribution in [2.75, 3.05) is 30.3 Å². The number of nitrogens with zero attached hydrogens (tertiary/aromatic N) is 1. The van der Waals surface area contributed by atoms with E-state index in [2.05, 4.69) is 5.32 Å². The molecule has 2 amide bonds. The summed E-state index contributed by atoms with van der Waals surface area (Å²) in [5.74, 6) is 0.529. The molecule has 1 aliphatic heterocycles. The molecule has 0 unspecified atom stereocenters. The zero-order valence-electron chi connectivity index (χ0n) is 15.0. The normalized spacial score (nSPS) is 13.2. The third kappa shape index (κ3) is 5.89. The van der Waals surface area contributed by atoms with Crippen LogP contribution in [-0.4, -0.2) is 31.5 Å². The molecule has 0 atom stereocenters. The molecule has 144 valence electrons. The highest BCUT2D eigenvalue weighted by Crippen LogP contribution is 2.25. The van der Waals surface area contributed by atoms with Gasteiger partial charge in [0, 0.05) is 37.0 Å². The number of benzene rings is 2. The Kier molecular flexibility index (Phi) is 7.49. The van der Waals surface area contributed by atoms with Gasteiger partial charge in [0.15, 0.2) is 6.61 Å². The molecule has 0 aromatic heterocycles.